The quantitative estimate of drug-likeness (QED) is 0.680. The molecule has 1 N–H and O–H groups in total. The summed E-state index contributed by atoms with van der Waals surface area (Å²) in [5.41, 5.74) is 0.0665. The molecule has 2 nitrogen and oxygen atoms in total. The highest BCUT2D eigenvalue weighted by Crippen LogP contribution is 2.45. The van der Waals surface area contributed by atoms with Gasteiger partial charge in [-0.3, -0.25) is 0 Å². The molecule has 0 aromatic carbocycles. The van der Waals surface area contributed by atoms with Gasteiger partial charge in [0.2, 0.25) is 0 Å². The number of allylic oxidation sites excluding steroid dienone is 1. The summed E-state index contributed by atoms with van der Waals surface area (Å²) in [7, 11) is 1.63. The molecule has 0 aromatic rings. The van der Waals surface area contributed by atoms with Crippen LogP contribution in [0.25, 0.3) is 0 Å². The van der Waals surface area contributed by atoms with Gasteiger partial charge in [0.1, 0.15) is 11.9 Å². The second-order valence-electron chi connectivity index (χ2n) is 4.13. The zero-order valence-corrected chi connectivity index (χ0v) is 8.84. The molecule has 1 aliphatic carbocycles. The third kappa shape index (κ3) is 2.05. The van der Waals surface area contributed by atoms with Gasteiger partial charge in [-0.05, 0) is 25.3 Å². The lowest BCUT2D eigenvalue weighted by atomic mass is 9.66. The van der Waals surface area contributed by atoms with Crippen molar-refractivity contribution >= 4 is 0 Å². The van der Waals surface area contributed by atoms with E-state index in [2.05, 4.69) is 13.8 Å². The van der Waals surface area contributed by atoms with Crippen LogP contribution in [0.15, 0.2) is 11.8 Å². The highest BCUT2D eigenvalue weighted by atomic mass is 16.5. The Balaban J connectivity index is 2.63. The lowest BCUT2D eigenvalue weighted by Crippen LogP contribution is -2.40. The van der Waals surface area contributed by atoms with Crippen LogP contribution in [-0.4, -0.2) is 18.3 Å². The molecule has 1 aliphatic rings. The SMILES string of the molecule is CC/C=C(\OC)C(O)C1(C)CCC1. The number of methoxy groups -OCH3 is 1. The maximum atomic E-state index is 10.0. The van der Waals surface area contributed by atoms with Crippen LogP contribution < -0.4 is 0 Å². The van der Waals surface area contributed by atoms with Gasteiger partial charge < -0.3 is 9.84 Å². The van der Waals surface area contributed by atoms with Gasteiger partial charge in [-0.2, -0.15) is 0 Å². The van der Waals surface area contributed by atoms with Crippen LogP contribution in [0.2, 0.25) is 0 Å². The summed E-state index contributed by atoms with van der Waals surface area (Å²) in [6, 6.07) is 0. The van der Waals surface area contributed by atoms with Crippen LogP contribution >= 0.6 is 0 Å². The average Bonchev–Trinajstić information content (AvgIpc) is 2.09. The van der Waals surface area contributed by atoms with E-state index >= 15 is 0 Å². The van der Waals surface area contributed by atoms with E-state index in [-0.39, 0.29) is 5.41 Å². The fourth-order valence-electron chi connectivity index (χ4n) is 1.86. The highest BCUT2D eigenvalue weighted by molar-refractivity contribution is 5.08. The van der Waals surface area contributed by atoms with Crippen molar-refractivity contribution in [1.29, 1.82) is 0 Å². The maximum absolute atomic E-state index is 10.0. The average molecular weight is 184 g/mol. The largest absolute Gasteiger partial charge is 0.499 e. The molecule has 0 amide bonds. The standard InChI is InChI=1S/C11H20O2/c1-4-6-9(13-3)10(12)11(2)7-5-8-11/h6,10,12H,4-5,7-8H2,1-3H3/b9-6-. The van der Waals surface area contributed by atoms with Crippen molar-refractivity contribution in [2.24, 2.45) is 5.41 Å². The minimum Gasteiger partial charge on any atom is -0.499 e. The molecular formula is C11H20O2. The normalized spacial score (nSPS) is 23.5. The van der Waals surface area contributed by atoms with Gasteiger partial charge in [0.25, 0.3) is 0 Å². The van der Waals surface area contributed by atoms with Crippen LogP contribution in [-0.2, 0) is 4.74 Å². The molecule has 0 spiro atoms. The Hall–Kier alpha value is -0.500. The first-order chi connectivity index (χ1) is 6.14. The maximum Gasteiger partial charge on any atom is 0.121 e. The van der Waals surface area contributed by atoms with Crippen LogP contribution in [0.4, 0.5) is 0 Å². The van der Waals surface area contributed by atoms with Gasteiger partial charge in [-0.25, -0.2) is 0 Å². The highest BCUT2D eigenvalue weighted by Gasteiger charge is 2.41. The van der Waals surface area contributed by atoms with Crippen molar-refractivity contribution in [1.82, 2.24) is 0 Å². The summed E-state index contributed by atoms with van der Waals surface area (Å²) in [5.74, 6) is 0.740. The van der Waals surface area contributed by atoms with Crippen molar-refractivity contribution in [3.63, 3.8) is 0 Å². The van der Waals surface area contributed by atoms with E-state index in [0.717, 1.165) is 25.0 Å². The Bertz CT molecular complexity index is 192. The number of aliphatic hydroxyl groups excluding tert-OH is 1. The van der Waals surface area contributed by atoms with E-state index in [1.165, 1.54) is 6.42 Å². The second kappa shape index (κ2) is 4.14. The molecule has 0 aromatic heterocycles. The molecule has 1 unspecified atom stereocenters. The van der Waals surface area contributed by atoms with Crippen molar-refractivity contribution < 1.29 is 9.84 Å². The number of ether oxygens (including phenoxy) is 1. The van der Waals surface area contributed by atoms with E-state index in [9.17, 15) is 5.11 Å². The topological polar surface area (TPSA) is 29.5 Å². The van der Waals surface area contributed by atoms with Crippen LogP contribution in [0.5, 0.6) is 0 Å². The number of hydrogen-bond acceptors (Lipinski definition) is 2. The van der Waals surface area contributed by atoms with Gasteiger partial charge in [0.15, 0.2) is 0 Å². The lowest BCUT2D eigenvalue weighted by Gasteiger charge is -2.42. The molecule has 0 aliphatic heterocycles. The minimum absolute atomic E-state index is 0.0665. The Morgan fingerprint density at radius 3 is 2.54 bits per heavy atom. The molecule has 0 saturated heterocycles. The summed E-state index contributed by atoms with van der Waals surface area (Å²) in [6.45, 7) is 4.18. The first-order valence-electron chi connectivity index (χ1n) is 5.06. The molecule has 13 heavy (non-hydrogen) atoms. The fraction of sp³-hybridized carbons (Fsp3) is 0.818. The second-order valence-corrected chi connectivity index (χ2v) is 4.13. The third-order valence-corrected chi connectivity index (χ3v) is 3.07. The molecule has 0 radical (unpaired) electrons. The van der Waals surface area contributed by atoms with E-state index in [4.69, 9.17) is 4.74 Å². The molecule has 0 heterocycles. The molecule has 2 heteroatoms. The van der Waals surface area contributed by atoms with E-state index in [0.29, 0.717) is 0 Å². The van der Waals surface area contributed by atoms with Crippen molar-refractivity contribution in [3.05, 3.63) is 11.8 Å². The van der Waals surface area contributed by atoms with Crippen molar-refractivity contribution in [2.45, 2.75) is 45.6 Å². The van der Waals surface area contributed by atoms with E-state index in [1.54, 1.807) is 7.11 Å². The predicted molar refractivity (Wildman–Crippen MR) is 53.3 cm³/mol. The van der Waals surface area contributed by atoms with Crippen molar-refractivity contribution in [2.75, 3.05) is 7.11 Å². The Kier molecular flexibility index (Phi) is 3.37. The Morgan fingerprint density at radius 1 is 1.62 bits per heavy atom. The summed E-state index contributed by atoms with van der Waals surface area (Å²) >= 11 is 0. The zero-order valence-electron chi connectivity index (χ0n) is 8.84. The molecule has 1 fully saturated rings. The number of hydrogen-bond donors (Lipinski definition) is 1. The summed E-state index contributed by atoms with van der Waals surface area (Å²) in [6.07, 6.45) is 5.92. The smallest absolute Gasteiger partial charge is 0.121 e. The van der Waals surface area contributed by atoms with Gasteiger partial charge in [-0.15, -0.1) is 0 Å². The molecule has 1 atom stereocenters. The molecule has 1 rings (SSSR count). The van der Waals surface area contributed by atoms with E-state index < -0.39 is 6.10 Å². The summed E-state index contributed by atoms with van der Waals surface area (Å²) < 4.78 is 5.19. The van der Waals surface area contributed by atoms with Crippen LogP contribution in [0.3, 0.4) is 0 Å². The molecular weight excluding hydrogens is 164 g/mol. The van der Waals surface area contributed by atoms with Gasteiger partial charge >= 0.3 is 0 Å². The van der Waals surface area contributed by atoms with Crippen LogP contribution in [0, 0.1) is 5.41 Å². The molecule has 76 valence electrons. The van der Waals surface area contributed by atoms with Gasteiger partial charge in [-0.1, -0.05) is 20.3 Å². The molecule has 1 saturated carbocycles. The summed E-state index contributed by atoms with van der Waals surface area (Å²) in [4.78, 5) is 0. The Labute approximate surface area is 80.6 Å². The van der Waals surface area contributed by atoms with E-state index in [1.807, 2.05) is 6.08 Å². The van der Waals surface area contributed by atoms with Gasteiger partial charge in [0, 0.05) is 5.41 Å². The minimum atomic E-state index is -0.411. The number of rotatable bonds is 4. The summed E-state index contributed by atoms with van der Waals surface area (Å²) in [5, 5.41) is 10.0. The lowest BCUT2D eigenvalue weighted by molar-refractivity contribution is -0.0257. The molecule has 0 bridgehead atoms. The van der Waals surface area contributed by atoms with Crippen LogP contribution in [0.1, 0.15) is 39.5 Å². The van der Waals surface area contributed by atoms with Crippen molar-refractivity contribution in [3.8, 4) is 0 Å². The van der Waals surface area contributed by atoms with Gasteiger partial charge in [0.05, 0.1) is 7.11 Å². The third-order valence-electron chi connectivity index (χ3n) is 3.07. The number of aliphatic hydroxyl groups is 1. The fourth-order valence-corrected chi connectivity index (χ4v) is 1.86. The first-order valence-corrected chi connectivity index (χ1v) is 5.06. The zero-order chi connectivity index (χ0) is 9.90. The Morgan fingerprint density at radius 2 is 2.23 bits per heavy atom. The predicted octanol–water partition coefficient (Wildman–Crippen LogP) is 2.48. The first kappa shape index (κ1) is 10.6. The monoisotopic (exact) mass is 184 g/mol.